The van der Waals surface area contributed by atoms with Crippen molar-refractivity contribution in [3.63, 3.8) is 0 Å². The van der Waals surface area contributed by atoms with Crippen molar-refractivity contribution in [2.45, 2.75) is 6.61 Å². The van der Waals surface area contributed by atoms with Crippen molar-refractivity contribution in [2.24, 2.45) is 0 Å². The zero-order valence-electron chi connectivity index (χ0n) is 11.6. The lowest BCUT2D eigenvalue weighted by atomic mass is 10.1. The number of anilines is 2. The number of carbonyl (C=O) groups is 1. The molecule has 0 aliphatic rings. The number of fused-ring (bicyclic) bond motifs is 1. The third-order valence-electron chi connectivity index (χ3n) is 3.06. The van der Waals surface area contributed by atoms with Crippen molar-refractivity contribution in [2.75, 3.05) is 11.5 Å². The summed E-state index contributed by atoms with van der Waals surface area (Å²) in [5, 5.41) is 1.79. The normalized spacial score (nSPS) is 10.5. The number of esters is 1. The van der Waals surface area contributed by atoms with E-state index in [1.807, 2.05) is 30.3 Å². The highest BCUT2D eigenvalue weighted by atomic mass is 16.5. The standard InChI is InChI=1S/C15H13N5O2/c16-14-18-12(19-15(17)20-14)8-22-13(21)11-7-3-5-9-4-1-2-6-10(9)11/h1-7H,8H2,(H4,16,17,18,19,20). The molecule has 0 unspecified atom stereocenters. The van der Waals surface area contributed by atoms with Gasteiger partial charge in [-0.15, -0.1) is 0 Å². The first kappa shape index (κ1) is 13.7. The fourth-order valence-electron chi connectivity index (χ4n) is 2.13. The number of nitrogens with zero attached hydrogens (tertiary/aromatic N) is 3. The minimum atomic E-state index is -0.464. The zero-order chi connectivity index (χ0) is 15.5. The third kappa shape index (κ3) is 2.78. The van der Waals surface area contributed by atoms with Crippen LogP contribution in [0.4, 0.5) is 11.9 Å². The van der Waals surface area contributed by atoms with E-state index < -0.39 is 5.97 Å². The first-order valence-corrected chi connectivity index (χ1v) is 6.54. The van der Waals surface area contributed by atoms with Crippen molar-refractivity contribution in [3.8, 4) is 0 Å². The molecule has 7 nitrogen and oxygen atoms in total. The van der Waals surface area contributed by atoms with E-state index in [9.17, 15) is 4.79 Å². The molecule has 7 heteroatoms. The fourth-order valence-corrected chi connectivity index (χ4v) is 2.13. The molecule has 3 aromatic rings. The summed E-state index contributed by atoms with van der Waals surface area (Å²) in [6.07, 6.45) is 0. The van der Waals surface area contributed by atoms with E-state index in [4.69, 9.17) is 16.2 Å². The smallest absolute Gasteiger partial charge is 0.339 e. The molecule has 0 radical (unpaired) electrons. The van der Waals surface area contributed by atoms with E-state index in [1.54, 1.807) is 12.1 Å². The maximum Gasteiger partial charge on any atom is 0.339 e. The van der Waals surface area contributed by atoms with Crippen molar-refractivity contribution in [1.29, 1.82) is 0 Å². The lowest BCUT2D eigenvalue weighted by Gasteiger charge is -2.07. The van der Waals surface area contributed by atoms with Gasteiger partial charge in [0.05, 0.1) is 5.56 Å². The van der Waals surface area contributed by atoms with Gasteiger partial charge in [-0.05, 0) is 16.8 Å². The van der Waals surface area contributed by atoms with Gasteiger partial charge in [0, 0.05) is 0 Å². The van der Waals surface area contributed by atoms with Gasteiger partial charge in [0.1, 0.15) is 0 Å². The average molecular weight is 295 g/mol. The Hall–Kier alpha value is -3.22. The minimum Gasteiger partial charge on any atom is -0.454 e. The van der Waals surface area contributed by atoms with Gasteiger partial charge in [-0.1, -0.05) is 36.4 Å². The van der Waals surface area contributed by atoms with Crippen LogP contribution in [0.2, 0.25) is 0 Å². The Balaban J connectivity index is 1.82. The number of rotatable bonds is 3. The van der Waals surface area contributed by atoms with Crippen LogP contribution in [0.15, 0.2) is 42.5 Å². The molecule has 0 aliphatic heterocycles. The molecule has 0 spiro atoms. The van der Waals surface area contributed by atoms with Crippen LogP contribution in [0, 0.1) is 0 Å². The van der Waals surface area contributed by atoms with E-state index >= 15 is 0 Å². The summed E-state index contributed by atoms with van der Waals surface area (Å²) < 4.78 is 5.23. The number of hydrogen-bond acceptors (Lipinski definition) is 7. The van der Waals surface area contributed by atoms with E-state index in [0.717, 1.165) is 10.8 Å². The first-order valence-electron chi connectivity index (χ1n) is 6.54. The summed E-state index contributed by atoms with van der Waals surface area (Å²) in [6, 6.07) is 13.0. The SMILES string of the molecule is Nc1nc(N)nc(COC(=O)c2cccc3ccccc23)n1. The maximum atomic E-state index is 12.2. The minimum absolute atomic E-state index is 0.0105. The summed E-state index contributed by atoms with van der Waals surface area (Å²) in [4.78, 5) is 23.6. The topological polar surface area (TPSA) is 117 Å². The second kappa shape index (κ2) is 5.65. The summed E-state index contributed by atoms with van der Waals surface area (Å²) in [5.41, 5.74) is 11.4. The van der Waals surface area contributed by atoms with Crippen LogP contribution >= 0.6 is 0 Å². The lowest BCUT2D eigenvalue weighted by Crippen LogP contribution is -2.11. The van der Waals surface area contributed by atoms with Gasteiger partial charge in [0.15, 0.2) is 12.4 Å². The summed E-state index contributed by atoms with van der Waals surface area (Å²) in [6.45, 7) is -0.126. The maximum absolute atomic E-state index is 12.2. The highest BCUT2D eigenvalue weighted by Gasteiger charge is 2.12. The summed E-state index contributed by atoms with van der Waals surface area (Å²) in [5.74, 6) is -0.277. The molecule has 3 rings (SSSR count). The Kier molecular flexibility index (Phi) is 3.53. The van der Waals surface area contributed by atoms with Gasteiger partial charge in [-0.3, -0.25) is 0 Å². The van der Waals surface area contributed by atoms with Crippen molar-refractivity contribution in [3.05, 3.63) is 53.9 Å². The molecule has 1 heterocycles. The predicted octanol–water partition coefficient (Wildman–Crippen LogP) is 1.55. The molecule has 0 aliphatic carbocycles. The van der Waals surface area contributed by atoms with Gasteiger partial charge in [0.2, 0.25) is 11.9 Å². The average Bonchev–Trinajstić information content (AvgIpc) is 2.51. The molecule has 0 fully saturated rings. The van der Waals surface area contributed by atoms with Gasteiger partial charge in [-0.2, -0.15) is 15.0 Å². The molecule has 0 saturated heterocycles. The number of hydrogen-bond donors (Lipinski definition) is 2. The van der Waals surface area contributed by atoms with Crippen LogP contribution in [0.1, 0.15) is 16.2 Å². The number of carbonyl (C=O) groups excluding carboxylic acids is 1. The van der Waals surface area contributed by atoms with Crippen LogP contribution in [-0.2, 0) is 11.3 Å². The Labute approximate surface area is 126 Å². The van der Waals surface area contributed by atoms with Crippen molar-refractivity contribution < 1.29 is 9.53 Å². The molecule has 0 atom stereocenters. The second-order valence-corrected chi connectivity index (χ2v) is 4.57. The Morgan fingerprint density at radius 1 is 0.955 bits per heavy atom. The Morgan fingerprint density at radius 2 is 1.64 bits per heavy atom. The molecule has 0 bridgehead atoms. The number of nitrogen functional groups attached to an aromatic ring is 2. The number of aromatic nitrogens is 3. The molecular weight excluding hydrogens is 282 g/mol. The van der Waals surface area contributed by atoms with Crippen LogP contribution in [0.5, 0.6) is 0 Å². The highest BCUT2D eigenvalue weighted by Crippen LogP contribution is 2.19. The number of nitrogens with two attached hydrogens (primary N) is 2. The van der Waals surface area contributed by atoms with Gasteiger partial charge < -0.3 is 16.2 Å². The largest absolute Gasteiger partial charge is 0.454 e. The Morgan fingerprint density at radius 3 is 2.41 bits per heavy atom. The third-order valence-corrected chi connectivity index (χ3v) is 3.06. The molecule has 4 N–H and O–H groups in total. The van der Waals surface area contributed by atoms with Gasteiger partial charge in [0.25, 0.3) is 0 Å². The molecule has 22 heavy (non-hydrogen) atoms. The molecule has 110 valence electrons. The van der Waals surface area contributed by atoms with Gasteiger partial charge in [-0.25, -0.2) is 4.79 Å². The molecule has 2 aromatic carbocycles. The number of ether oxygens (including phenoxy) is 1. The van der Waals surface area contributed by atoms with E-state index in [2.05, 4.69) is 15.0 Å². The van der Waals surface area contributed by atoms with E-state index in [1.165, 1.54) is 0 Å². The predicted molar refractivity (Wildman–Crippen MR) is 81.7 cm³/mol. The second-order valence-electron chi connectivity index (χ2n) is 4.57. The highest BCUT2D eigenvalue weighted by molar-refractivity contribution is 6.04. The lowest BCUT2D eigenvalue weighted by molar-refractivity contribution is 0.0464. The van der Waals surface area contributed by atoms with Gasteiger partial charge >= 0.3 is 5.97 Å². The van der Waals surface area contributed by atoms with Crippen LogP contribution in [0.25, 0.3) is 10.8 Å². The van der Waals surface area contributed by atoms with Crippen molar-refractivity contribution >= 4 is 28.6 Å². The fraction of sp³-hybridized carbons (Fsp3) is 0.0667. The Bertz CT molecular complexity index is 825. The van der Waals surface area contributed by atoms with E-state index in [-0.39, 0.29) is 24.3 Å². The van der Waals surface area contributed by atoms with Crippen LogP contribution in [-0.4, -0.2) is 20.9 Å². The number of benzene rings is 2. The molecular formula is C15H13N5O2. The quantitative estimate of drug-likeness (QED) is 0.704. The van der Waals surface area contributed by atoms with E-state index in [0.29, 0.717) is 5.56 Å². The van der Waals surface area contributed by atoms with Crippen molar-refractivity contribution in [1.82, 2.24) is 15.0 Å². The molecule has 0 amide bonds. The summed E-state index contributed by atoms with van der Waals surface area (Å²) >= 11 is 0. The molecule has 1 aromatic heterocycles. The summed E-state index contributed by atoms with van der Waals surface area (Å²) in [7, 11) is 0. The monoisotopic (exact) mass is 295 g/mol. The van der Waals surface area contributed by atoms with Crippen LogP contribution in [0.3, 0.4) is 0 Å². The molecule has 0 saturated carbocycles. The first-order chi connectivity index (χ1) is 10.6. The van der Waals surface area contributed by atoms with Crippen LogP contribution < -0.4 is 11.5 Å². The zero-order valence-corrected chi connectivity index (χ0v) is 11.6.